The van der Waals surface area contributed by atoms with Crippen molar-refractivity contribution in [3.05, 3.63) is 34.5 Å². The van der Waals surface area contributed by atoms with Crippen LogP contribution in [0.5, 0.6) is 0 Å². The van der Waals surface area contributed by atoms with Gasteiger partial charge in [0.1, 0.15) is 0 Å². The molecule has 0 aromatic carbocycles. The van der Waals surface area contributed by atoms with E-state index < -0.39 is 0 Å². The molecule has 0 fully saturated rings. The quantitative estimate of drug-likeness (QED) is 0.657. The molecule has 11 heavy (non-hydrogen) atoms. The monoisotopic (exact) mass is 150 g/mol. The van der Waals surface area contributed by atoms with Crippen LogP contribution in [0.25, 0.3) is 12.2 Å². The number of aromatic amines is 2. The Morgan fingerprint density at radius 1 is 1.36 bits per heavy atom. The molecule has 0 saturated heterocycles. The highest BCUT2D eigenvalue weighted by atomic mass is 16.1. The van der Waals surface area contributed by atoms with E-state index in [0.29, 0.717) is 0 Å². The molecule has 58 valence electrons. The molecule has 1 rings (SSSR count). The molecule has 3 nitrogen and oxygen atoms in total. The molecule has 1 aromatic heterocycles. The molecule has 0 aliphatic heterocycles. The summed E-state index contributed by atoms with van der Waals surface area (Å²) in [6.45, 7) is 5.45. The maximum Gasteiger partial charge on any atom is 0.323 e. The van der Waals surface area contributed by atoms with E-state index in [1.165, 1.54) is 0 Å². The van der Waals surface area contributed by atoms with E-state index in [1.807, 2.05) is 19.1 Å². The third kappa shape index (κ3) is 1.49. The fraction of sp³-hybridized carbons (Fsp3) is 0.125. The molecule has 0 amide bonds. The molecular formula is C8H10N2O. The van der Waals surface area contributed by atoms with E-state index in [9.17, 15) is 4.79 Å². The summed E-state index contributed by atoms with van der Waals surface area (Å²) in [4.78, 5) is 16.0. The Hall–Kier alpha value is -1.51. The van der Waals surface area contributed by atoms with Crippen molar-refractivity contribution in [1.82, 2.24) is 9.97 Å². The predicted molar refractivity (Wildman–Crippen MR) is 46.2 cm³/mol. The molecule has 0 spiro atoms. The zero-order valence-corrected chi connectivity index (χ0v) is 6.35. The molecule has 2 N–H and O–H groups in total. The molecule has 0 atom stereocenters. The Morgan fingerprint density at radius 2 is 2.00 bits per heavy atom. The van der Waals surface area contributed by atoms with Crippen LogP contribution in [-0.2, 0) is 0 Å². The molecule has 0 unspecified atom stereocenters. The highest BCUT2D eigenvalue weighted by molar-refractivity contribution is 5.57. The Morgan fingerprint density at radius 3 is 2.55 bits per heavy atom. The number of hydrogen-bond acceptors (Lipinski definition) is 1. The van der Waals surface area contributed by atoms with Crippen molar-refractivity contribution in [2.24, 2.45) is 0 Å². The summed E-state index contributed by atoms with van der Waals surface area (Å²) in [5.41, 5.74) is 1.30. The molecule has 1 aromatic rings. The van der Waals surface area contributed by atoms with Crippen LogP contribution < -0.4 is 5.69 Å². The molecule has 3 heteroatoms. The summed E-state index contributed by atoms with van der Waals surface area (Å²) in [6.07, 6.45) is 5.27. The molecule has 0 saturated carbocycles. The van der Waals surface area contributed by atoms with Crippen LogP contribution in [0.4, 0.5) is 0 Å². The van der Waals surface area contributed by atoms with Gasteiger partial charge in [0.15, 0.2) is 0 Å². The Kier molecular flexibility index (Phi) is 2.11. The van der Waals surface area contributed by atoms with Crippen molar-refractivity contribution in [3.63, 3.8) is 0 Å². The minimum absolute atomic E-state index is 0.201. The van der Waals surface area contributed by atoms with Gasteiger partial charge in [0, 0.05) is 0 Å². The van der Waals surface area contributed by atoms with Crippen molar-refractivity contribution in [2.45, 2.75) is 6.92 Å². The largest absolute Gasteiger partial charge is 0.323 e. The Bertz CT molecular complexity index is 330. The SMILES string of the molecule is C=Cc1[nH]c(=O)[nH]c1/C=C\C. The van der Waals surface area contributed by atoms with Crippen molar-refractivity contribution < 1.29 is 0 Å². The number of imidazole rings is 1. The zero-order chi connectivity index (χ0) is 8.27. The standard InChI is InChI=1S/C8H10N2O/c1-3-5-7-6(4-2)9-8(11)10-7/h3-5H,2H2,1H3,(H2,9,10,11)/b5-3-. The van der Waals surface area contributed by atoms with E-state index in [1.54, 1.807) is 6.08 Å². The summed E-state index contributed by atoms with van der Waals surface area (Å²) in [7, 11) is 0. The maximum atomic E-state index is 10.8. The van der Waals surface area contributed by atoms with Gasteiger partial charge in [-0.1, -0.05) is 12.7 Å². The van der Waals surface area contributed by atoms with Crippen molar-refractivity contribution >= 4 is 12.2 Å². The van der Waals surface area contributed by atoms with Crippen LogP contribution in [-0.4, -0.2) is 9.97 Å². The van der Waals surface area contributed by atoms with Crippen LogP contribution in [0.15, 0.2) is 17.4 Å². The van der Waals surface area contributed by atoms with Crippen LogP contribution in [0.1, 0.15) is 18.3 Å². The molecule has 0 bridgehead atoms. The van der Waals surface area contributed by atoms with Crippen molar-refractivity contribution in [2.75, 3.05) is 0 Å². The Balaban J connectivity index is 3.22. The van der Waals surface area contributed by atoms with Gasteiger partial charge in [0.05, 0.1) is 11.4 Å². The minimum atomic E-state index is -0.201. The number of allylic oxidation sites excluding steroid dienone is 1. The third-order valence-electron chi connectivity index (χ3n) is 1.32. The van der Waals surface area contributed by atoms with E-state index >= 15 is 0 Å². The molecule has 0 aliphatic rings. The first-order valence-corrected chi connectivity index (χ1v) is 3.35. The summed E-state index contributed by atoms with van der Waals surface area (Å²) >= 11 is 0. The van der Waals surface area contributed by atoms with Crippen molar-refractivity contribution in [1.29, 1.82) is 0 Å². The topological polar surface area (TPSA) is 48.6 Å². The fourth-order valence-corrected chi connectivity index (χ4v) is 0.870. The second kappa shape index (κ2) is 3.05. The average Bonchev–Trinajstić information content (AvgIpc) is 2.32. The van der Waals surface area contributed by atoms with Gasteiger partial charge in [0.25, 0.3) is 0 Å². The Labute approximate surface area is 64.5 Å². The first-order chi connectivity index (χ1) is 5.27. The molecule has 0 radical (unpaired) electrons. The van der Waals surface area contributed by atoms with E-state index in [2.05, 4.69) is 16.5 Å². The van der Waals surface area contributed by atoms with Crippen LogP contribution >= 0.6 is 0 Å². The van der Waals surface area contributed by atoms with Gasteiger partial charge in [-0.2, -0.15) is 0 Å². The number of hydrogen-bond donors (Lipinski definition) is 2. The lowest BCUT2D eigenvalue weighted by Crippen LogP contribution is -2.00. The van der Waals surface area contributed by atoms with Gasteiger partial charge in [-0.15, -0.1) is 0 Å². The zero-order valence-electron chi connectivity index (χ0n) is 6.35. The second-order valence-electron chi connectivity index (χ2n) is 2.11. The van der Waals surface area contributed by atoms with Gasteiger partial charge in [0.2, 0.25) is 0 Å². The van der Waals surface area contributed by atoms with Crippen LogP contribution in [0, 0.1) is 0 Å². The highest BCUT2D eigenvalue weighted by Gasteiger charge is 1.97. The number of aromatic nitrogens is 2. The summed E-state index contributed by atoms with van der Waals surface area (Å²) in [5, 5.41) is 0. The molecule has 0 aliphatic carbocycles. The van der Waals surface area contributed by atoms with Crippen molar-refractivity contribution in [3.8, 4) is 0 Å². The number of rotatable bonds is 2. The van der Waals surface area contributed by atoms with Gasteiger partial charge in [-0.3, -0.25) is 0 Å². The predicted octanol–water partition coefficient (Wildman–Crippen LogP) is 1.38. The third-order valence-corrected chi connectivity index (χ3v) is 1.32. The van der Waals surface area contributed by atoms with Crippen LogP contribution in [0.3, 0.4) is 0 Å². The lowest BCUT2D eigenvalue weighted by molar-refractivity contribution is 1.18. The molecule has 1 heterocycles. The smallest absolute Gasteiger partial charge is 0.306 e. The van der Waals surface area contributed by atoms with Gasteiger partial charge < -0.3 is 9.97 Å². The number of H-pyrrole nitrogens is 2. The normalized spacial score (nSPS) is 10.6. The first kappa shape index (κ1) is 7.60. The summed E-state index contributed by atoms with van der Waals surface area (Å²) < 4.78 is 0. The first-order valence-electron chi connectivity index (χ1n) is 3.35. The highest BCUT2D eigenvalue weighted by Crippen LogP contribution is 2.02. The minimum Gasteiger partial charge on any atom is -0.306 e. The van der Waals surface area contributed by atoms with Gasteiger partial charge in [-0.25, -0.2) is 4.79 Å². The number of nitrogens with one attached hydrogen (secondary N) is 2. The maximum absolute atomic E-state index is 10.8. The lowest BCUT2D eigenvalue weighted by atomic mass is 10.3. The fourth-order valence-electron chi connectivity index (χ4n) is 0.870. The summed E-state index contributed by atoms with van der Waals surface area (Å²) in [5.74, 6) is 0. The summed E-state index contributed by atoms with van der Waals surface area (Å²) in [6, 6.07) is 0. The van der Waals surface area contributed by atoms with Gasteiger partial charge >= 0.3 is 5.69 Å². The van der Waals surface area contributed by atoms with E-state index in [4.69, 9.17) is 0 Å². The van der Waals surface area contributed by atoms with Crippen LogP contribution in [0.2, 0.25) is 0 Å². The van der Waals surface area contributed by atoms with E-state index in [0.717, 1.165) is 11.4 Å². The second-order valence-corrected chi connectivity index (χ2v) is 2.11. The van der Waals surface area contributed by atoms with E-state index in [-0.39, 0.29) is 5.69 Å². The molecular weight excluding hydrogens is 140 g/mol. The lowest BCUT2D eigenvalue weighted by Gasteiger charge is -1.86. The average molecular weight is 150 g/mol. The van der Waals surface area contributed by atoms with Gasteiger partial charge in [-0.05, 0) is 19.1 Å².